The van der Waals surface area contributed by atoms with Crippen LogP contribution in [-0.4, -0.2) is 25.5 Å². The summed E-state index contributed by atoms with van der Waals surface area (Å²) in [6.45, 7) is 3.01. The highest BCUT2D eigenvalue weighted by atomic mass is 16.1. The van der Waals surface area contributed by atoms with E-state index in [9.17, 15) is 4.79 Å². The van der Waals surface area contributed by atoms with E-state index in [4.69, 9.17) is 0 Å². The molecule has 0 aromatic carbocycles. The van der Waals surface area contributed by atoms with E-state index >= 15 is 0 Å². The fourth-order valence-corrected chi connectivity index (χ4v) is 2.48. The first-order valence-corrected chi connectivity index (χ1v) is 6.50. The molecular weight excluding hydrogens is 200 g/mol. The van der Waals surface area contributed by atoms with Gasteiger partial charge in [-0.1, -0.05) is 11.6 Å². The third-order valence-corrected chi connectivity index (χ3v) is 3.52. The Bertz CT molecular complexity index is 267. The quantitative estimate of drug-likeness (QED) is 0.709. The van der Waals surface area contributed by atoms with Crippen molar-refractivity contribution in [2.75, 3.05) is 19.6 Å². The van der Waals surface area contributed by atoms with Crippen molar-refractivity contribution < 1.29 is 4.79 Å². The van der Waals surface area contributed by atoms with E-state index in [0.717, 1.165) is 32.5 Å². The van der Waals surface area contributed by atoms with Crippen LogP contribution in [0.1, 0.15) is 38.5 Å². The lowest BCUT2D eigenvalue weighted by atomic mass is 9.97. The third kappa shape index (κ3) is 3.63. The molecule has 1 saturated heterocycles. The summed E-state index contributed by atoms with van der Waals surface area (Å²) < 4.78 is 0. The molecule has 1 heterocycles. The Labute approximate surface area is 97.7 Å². The summed E-state index contributed by atoms with van der Waals surface area (Å²) in [4.78, 5) is 11.7. The van der Waals surface area contributed by atoms with E-state index in [0.29, 0.717) is 12.3 Å². The van der Waals surface area contributed by atoms with E-state index in [1.807, 2.05) is 0 Å². The molecule has 1 atom stereocenters. The molecule has 1 aliphatic carbocycles. The van der Waals surface area contributed by atoms with Gasteiger partial charge in [-0.15, -0.1) is 0 Å². The van der Waals surface area contributed by atoms with Crippen molar-refractivity contribution in [1.29, 1.82) is 0 Å². The van der Waals surface area contributed by atoms with Crippen molar-refractivity contribution in [3.05, 3.63) is 11.6 Å². The number of hydrogen-bond acceptors (Lipinski definition) is 2. The molecule has 90 valence electrons. The first kappa shape index (κ1) is 11.6. The van der Waals surface area contributed by atoms with Crippen LogP contribution in [0.2, 0.25) is 0 Å². The number of rotatable bonds is 4. The lowest BCUT2D eigenvalue weighted by molar-refractivity contribution is -0.120. The van der Waals surface area contributed by atoms with Gasteiger partial charge >= 0.3 is 0 Å². The predicted octanol–water partition coefficient (Wildman–Crippen LogP) is 1.60. The highest BCUT2D eigenvalue weighted by Crippen LogP contribution is 2.19. The summed E-state index contributed by atoms with van der Waals surface area (Å²) in [6.07, 6.45) is 8.90. The third-order valence-electron chi connectivity index (χ3n) is 3.52. The molecule has 0 bridgehead atoms. The zero-order valence-electron chi connectivity index (χ0n) is 9.93. The van der Waals surface area contributed by atoms with Crippen LogP contribution >= 0.6 is 0 Å². The van der Waals surface area contributed by atoms with Crippen LogP contribution in [0.25, 0.3) is 0 Å². The van der Waals surface area contributed by atoms with Crippen LogP contribution in [-0.2, 0) is 4.79 Å². The number of carbonyl (C=O) groups excluding carboxylic acids is 1. The van der Waals surface area contributed by atoms with Crippen LogP contribution < -0.4 is 10.6 Å². The van der Waals surface area contributed by atoms with E-state index in [-0.39, 0.29) is 5.91 Å². The molecule has 0 spiro atoms. The monoisotopic (exact) mass is 222 g/mol. The number of hydrogen-bond donors (Lipinski definition) is 2. The van der Waals surface area contributed by atoms with Gasteiger partial charge in [0.15, 0.2) is 0 Å². The second kappa shape index (κ2) is 6.04. The number of amides is 1. The molecule has 0 saturated carbocycles. The van der Waals surface area contributed by atoms with Crippen molar-refractivity contribution >= 4 is 5.91 Å². The van der Waals surface area contributed by atoms with Gasteiger partial charge in [0, 0.05) is 13.0 Å². The predicted molar refractivity (Wildman–Crippen MR) is 65.2 cm³/mol. The molecule has 2 aliphatic rings. The molecule has 2 rings (SSSR count). The summed E-state index contributed by atoms with van der Waals surface area (Å²) in [7, 11) is 0. The maximum atomic E-state index is 11.7. The summed E-state index contributed by atoms with van der Waals surface area (Å²) >= 11 is 0. The normalized spacial score (nSPS) is 25.2. The van der Waals surface area contributed by atoms with Gasteiger partial charge in [0.05, 0.1) is 0 Å². The van der Waals surface area contributed by atoms with E-state index in [2.05, 4.69) is 16.7 Å². The summed E-state index contributed by atoms with van der Waals surface area (Å²) in [5.41, 5.74) is 1.34. The zero-order chi connectivity index (χ0) is 11.2. The maximum absolute atomic E-state index is 11.7. The molecule has 16 heavy (non-hydrogen) atoms. The fraction of sp³-hybridized carbons (Fsp3) is 0.769. The smallest absolute Gasteiger partial charge is 0.224 e. The summed E-state index contributed by atoms with van der Waals surface area (Å²) in [5, 5.41) is 6.37. The highest BCUT2D eigenvalue weighted by Gasteiger charge is 2.15. The largest absolute Gasteiger partial charge is 0.355 e. The average molecular weight is 222 g/mol. The van der Waals surface area contributed by atoms with Gasteiger partial charge in [-0.3, -0.25) is 4.79 Å². The Morgan fingerprint density at radius 3 is 3.12 bits per heavy atom. The minimum atomic E-state index is 0.208. The Balaban J connectivity index is 1.65. The Hall–Kier alpha value is -0.830. The first-order valence-electron chi connectivity index (χ1n) is 6.50. The number of allylic oxidation sites excluding steroid dienone is 1. The molecule has 0 aromatic heterocycles. The average Bonchev–Trinajstić information content (AvgIpc) is 2.81. The van der Waals surface area contributed by atoms with Crippen LogP contribution in [0.15, 0.2) is 11.6 Å². The molecule has 1 aliphatic heterocycles. The molecule has 1 unspecified atom stereocenters. The lowest BCUT2D eigenvalue weighted by Gasteiger charge is -2.14. The fourth-order valence-electron chi connectivity index (χ4n) is 2.48. The molecule has 0 aromatic rings. The van der Waals surface area contributed by atoms with Crippen LogP contribution in [0, 0.1) is 5.92 Å². The minimum Gasteiger partial charge on any atom is -0.355 e. The van der Waals surface area contributed by atoms with Gasteiger partial charge in [0.2, 0.25) is 5.91 Å². The topological polar surface area (TPSA) is 41.1 Å². The molecule has 1 fully saturated rings. The van der Waals surface area contributed by atoms with E-state index in [1.165, 1.54) is 24.8 Å². The van der Waals surface area contributed by atoms with Crippen molar-refractivity contribution in [2.45, 2.75) is 38.5 Å². The van der Waals surface area contributed by atoms with Gasteiger partial charge < -0.3 is 10.6 Å². The van der Waals surface area contributed by atoms with Crippen molar-refractivity contribution in [3.8, 4) is 0 Å². The second-order valence-corrected chi connectivity index (χ2v) is 4.95. The zero-order valence-corrected chi connectivity index (χ0v) is 9.93. The SMILES string of the molecule is O=C(CC1=CCCCC1)NCC1CCNC1. The molecule has 2 N–H and O–H groups in total. The van der Waals surface area contributed by atoms with Crippen LogP contribution in [0.3, 0.4) is 0 Å². The Morgan fingerprint density at radius 1 is 1.50 bits per heavy atom. The van der Waals surface area contributed by atoms with Gasteiger partial charge in [-0.2, -0.15) is 0 Å². The van der Waals surface area contributed by atoms with E-state index < -0.39 is 0 Å². The van der Waals surface area contributed by atoms with Crippen molar-refractivity contribution in [1.82, 2.24) is 10.6 Å². The minimum absolute atomic E-state index is 0.208. The summed E-state index contributed by atoms with van der Waals surface area (Å²) in [6, 6.07) is 0. The number of carbonyl (C=O) groups is 1. The van der Waals surface area contributed by atoms with Crippen molar-refractivity contribution in [2.24, 2.45) is 5.92 Å². The molecule has 3 heteroatoms. The Morgan fingerprint density at radius 2 is 2.44 bits per heavy atom. The van der Waals surface area contributed by atoms with Crippen LogP contribution in [0.4, 0.5) is 0 Å². The highest BCUT2D eigenvalue weighted by molar-refractivity contribution is 5.78. The van der Waals surface area contributed by atoms with Gasteiger partial charge in [0.1, 0.15) is 0 Å². The molecule has 3 nitrogen and oxygen atoms in total. The maximum Gasteiger partial charge on any atom is 0.224 e. The van der Waals surface area contributed by atoms with Crippen LogP contribution in [0.5, 0.6) is 0 Å². The Kier molecular flexibility index (Phi) is 4.40. The molecular formula is C13H22N2O. The summed E-state index contributed by atoms with van der Waals surface area (Å²) in [5.74, 6) is 0.851. The van der Waals surface area contributed by atoms with Gasteiger partial charge in [-0.05, 0) is 51.1 Å². The van der Waals surface area contributed by atoms with Gasteiger partial charge in [-0.25, -0.2) is 0 Å². The molecule has 1 amide bonds. The standard InChI is InChI=1S/C13H22N2O/c16-13(8-11-4-2-1-3-5-11)15-10-12-6-7-14-9-12/h4,12,14H,1-3,5-10H2,(H,15,16). The van der Waals surface area contributed by atoms with E-state index in [1.54, 1.807) is 0 Å². The second-order valence-electron chi connectivity index (χ2n) is 4.95. The number of nitrogens with one attached hydrogen (secondary N) is 2. The first-order chi connectivity index (χ1) is 7.84. The molecule has 0 radical (unpaired) electrons. The lowest BCUT2D eigenvalue weighted by Crippen LogP contribution is -2.30. The van der Waals surface area contributed by atoms with Gasteiger partial charge in [0.25, 0.3) is 0 Å². The van der Waals surface area contributed by atoms with Crippen molar-refractivity contribution in [3.63, 3.8) is 0 Å².